The number of halogens is 2. The summed E-state index contributed by atoms with van der Waals surface area (Å²) in [5, 5.41) is 8.24. The summed E-state index contributed by atoms with van der Waals surface area (Å²) in [6, 6.07) is 8.17. The van der Waals surface area contributed by atoms with Gasteiger partial charge in [0, 0.05) is 42.0 Å². The molecule has 3 rings (SSSR count). The number of thioether (sulfide) groups is 1. The Kier molecular flexibility index (Phi) is 6.36. The van der Waals surface area contributed by atoms with Gasteiger partial charge in [0.15, 0.2) is 5.82 Å². The molecule has 1 unspecified atom stereocenters. The van der Waals surface area contributed by atoms with E-state index in [2.05, 4.69) is 15.5 Å². The third-order valence-electron chi connectivity index (χ3n) is 3.24. The Labute approximate surface area is 139 Å². The largest absolute Gasteiger partial charge is 0.339 e. The maximum Gasteiger partial charge on any atom is 0.228 e. The number of nitrogens with zero attached hydrogens (tertiary/aromatic N) is 2. The van der Waals surface area contributed by atoms with Crippen molar-refractivity contribution in [3.05, 3.63) is 46.6 Å². The highest BCUT2D eigenvalue weighted by atomic mass is 35.5. The second-order valence-electron chi connectivity index (χ2n) is 4.80. The zero-order valence-corrected chi connectivity index (χ0v) is 13.8. The maximum absolute atomic E-state index is 6.14. The number of hydrogen-bond donors (Lipinski definition) is 1. The molecule has 1 aliphatic heterocycles. The van der Waals surface area contributed by atoms with Gasteiger partial charge in [-0.15, -0.1) is 12.4 Å². The van der Waals surface area contributed by atoms with Gasteiger partial charge in [-0.05, 0) is 11.6 Å². The SMILES string of the molecule is Cl.Clc1ccccc1Cc1noc(CC2CSCCN2)n1. The van der Waals surface area contributed by atoms with Crippen LogP contribution in [0.5, 0.6) is 0 Å². The van der Waals surface area contributed by atoms with Gasteiger partial charge < -0.3 is 9.84 Å². The summed E-state index contributed by atoms with van der Waals surface area (Å²) in [6.07, 6.45) is 1.40. The van der Waals surface area contributed by atoms with E-state index < -0.39 is 0 Å². The van der Waals surface area contributed by atoms with Crippen molar-refractivity contribution in [1.82, 2.24) is 15.5 Å². The predicted octanol–water partition coefficient (Wildman–Crippen LogP) is 2.98. The van der Waals surface area contributed by atoms with Crippen molar-refractivity contribution in [3.8, 4) is 0 Å². The molecule has 114 valence electrons. The lowest BCUT2D eigenvalue weighted by Crippen LogP contribution is -2.38. The van der Waals surface area contributed by atoms with Crippen molar-refractivity contribution in [2.45, 2.75) is 18.9 Å². The fourth-order valence-electron chi connectivity index (χ4n) is 2.22. The van der Waals surface area contributed by atoms with Crippen molar-refractivity contribution >= 4 is 35.8 Å². The zero-order valence-electron chi connectivity index (χ0n) is 11.4. The van der Waals surface area contributed by atoms with Gasteiger partial charge >= 0.3 is 0 Å². The predicted molar refractivity (Wildman–Crippen MR) is 88.6 cm³/mol. The maximum atomic E-state index is 6.14. The number of rotatable bonds is 4. The zero-order chi connectivity index (χ0) is 13.8. The first-order valence-corrected chi connectivity index (χ1v) is 8.20. The third kappa shape index (κ3) is 4.61. The van der Waals surface area contributed by atoms with E-state index in [9.17, 15) is 0 Å². The summed E-state index contributed by atoms with van der Waals surface area (Å²) < 4.78 is 5.33. The highest BCUT2D eigenvalue weighted by Gasteiger charge is 2.17. The minimum absolute atomic E-state index is 0. The summed E-state index contributed by atoms with van der Waals surface area (Å²) in [5.74, 6) is 3.67. The highest BCUT2D eigenvalue weighted by Crippen LogP contribution is 2.18. The molecule has 4 nitrogen and oxygen atoms in total. The van der Waals surface area contributed by atoms with Crippen LogP contribution in [0.2, 0.25) is 5.02 Å². The molecule has 0 spiro atoms. The Balaban J connectivity index is 0.00000161. The van der Waals surface area contributed by atoms with Crippen LogP contribution in [0.25, 0.3) is 0 Å². The van der Waals surface area contributed by atoms with E-state index in [-0.39, 0.29) is 12.4 Å². The fourth-order valence-corrected chi connectivity index (χ4v) is 3.37. The lowest BCUT2D eigenvalue weighted by atomic mass is 10.1. The quantitative estimate of drug-likeness (QED) is 0.922. The molecule has 0 bridgehead atoms. The number of hydrogen-bond acceptors (Lipinski definition) is 5. The minimum Gasteiger partial charge on any atom is -0.339 e. The second-order valence-corrected chi connectivity index (χ2v) is 6.36. The van der Waals surface area contributed by atoms with Crippen molar-refractivity contribution in [2.24, 2.45) is 0 Å². The van der Waals surface area contributed by atoms with Crippen LogP contribution in [-0.2, 0) is 12.8 Å². The van der Waals surface area contributed by atoms with E-state index in [1.165, 1.54) is 5.75 Å². The van der Waals surface area contributed by atoms with E-state index >= 15 is 0 Å². The van der Waals surface area contributed by atoms with E-state index in [4.69, 9.17) is 16.1 Å². The summed E-state index contributed by atoms with van der Waals surface area (Å²) in [7, 11) is 0. The lowest BCUT2D eigenvalue weighted by Gasteiger charge is -2.21. The first kappa shape index (κ1) is 16.6. The molecule has 1 N–H and O–H groups in total. The summed E-state index contributed by atoms with van der Waals surface area (Å²) in [5.41, 5.74) is 1.02. The molecular formula is C14H17Cl2N3OS. The molecular weight excluding hydrogens is 329 g/mol. The van der Waals surface area contributed by atoms with Gasteiger partial charge in [0.25, 0.3) is 0 Å². The van der Waals surface area contributed by atoms with Crippen LogP contribution in [0.15, 0.2) is 28.8 Å². The van der Waals surface area contributed by atoms with Crippen LogP contribution in [-0.4, -0.2) is 34.2 Å². The van der Waals surface area contributed by atoms with E-state index in [1.54, 1.807) is 0 Å². The summed E-state index contributed by atoms with van der Waals surface area (Å²) in [6.45, 7) is 1.05. The Morgan fingerprint density at radius 1 is 1.38 bits per heavy atom. The molecule has 0 aliphatic carbocycles. The molecule has 21 heavy (non-hydrogen) atoms. The Morgan fingerprint density at radius 2 is 2.24 bits per heavy atom. The van der Waals surface area contributed by atoms with Gasteiger partial charge in [0.05, 0.1) is 0 Å². The van der Waals surface area contributed by atoms with Crippen molar-refractivity contribution in [2.75, 3.05) is 18.1 Å². The average Bonchev–Trinajstić information content (AvgIpc) is 2.90. The first-order valence-electron chi connectivity index (χ1n) is 6.67. The molecule has 2 aromatic rings. The van der Waals surface area contributed by atoms with Crippen molar-refractivity contribution in [3.63, 3.8) is 0 Å². The Morgan fingerprint density at radius 3 is 3.00 bits per heavy atom. The number of nitrogens with one attached hydrogen (secondary N) is 1. The fraction of sp³-hybridized carbons (Fsp3) is 0.429. The topological polar surface area (TPSA) is 51.0 Å². The Hall–Kier alpha value is -0.750. The normalized spacial score (nSPS) is 18.2. The molecule has 2 heterocycles. The molecule has 1 aromatic heterocycles. The monoisotopic (exact) mass is 345 g/mol. The summed E-state index contributed by atoms with van der Waals surface area (Å²) in [4.78, 5) is 4.46. The molecule has 0 radical (unpaired) electrons. The third-order valence-corrected chi connectivity index (χ3v) is 4.74. The molecule has 1 aliphatic rings. The Bertz CT molecular complexity index is 573. The minimum atomic E-state index is 0. The van der Waals surface area contributed by atoms with E-state index in [1.807, 2.05) is 36.0 Å². The number of benzene rings is 1. The van der Waals surface area contributed by atoms with Crippen LogP contribution in [0, 0.1) is 0 Å². The number of aromatic nitrogens is 2. The van der Waals surface area contributed by atoms with Crippen LogP contribution >= 0.6 is 35.8 Å². The standard InChI is InChI=1S/C14H16ClN3OS.ClH/c15-12-4-2-1-3-10(12)7-13-17-14(19-18-13)8-11-9-20-6-5-16-11;/h1-4,11,16H,5-9H2;1H. The van der Waals surface area contributed by atoms with Crippen LogP contribution in [0.1, 0.15) is 17.3 Å². The molecule has 0 saturated carbocycles. The van der Waals surface area contributed by atoms with Crippen LogP contribution < -0.4 is 5.32 Å². The van der Waals surface area contributed by atoms with E-state index in [0.29, 0.717) is 24.2 Å². The highest BCUT2D eigenvalue weighted by molar-refractivity contribution is 7.99. The first-order chi connectivity index (χ1) is 9.81. The molecule has 1 atom stereocenters. The van der Waals surface area contributed by atoms with Crippen LogP contribution in [0.4, 0.5) is 0 Å². The molecule has 0 amide bonds. The van der Waals surface area contributed by atoms with Gasteiger partial charge in [0.2, 0.25) is 5.89 Å². The second kappa shape index (κ2) is 8.03. The van der Waals surface area contributed by atoms with Gasteiger partial charge in [-0.2, -0.15) is 16.7 Å². The molecule has 1 aromatic carbocycles. The van der Waals surface area contributed by atoms with Crippen molar-refractivity contribution in [1.29, 1.82) is 0 Å². The summed E-state index contributed by atoms with van der Waals surface area (Å²) >= 11 is 8.10. The van der Waals surface area contributed by atoms with Gasteiger partial charge in [-0.3, -0.25) is 0 Å². The van der Waals surface area contributed by atoms with E-state index in [0.717, 1.165) is 29.3 Å². The molecule has 1 fully saturated rings. The molecule has 1 saturated heterocycles. The lowest BCUT2D eigenvalue weighted by molar-refractivity contribution is 0.359. The van der Waals surface area contributed by atoms with Gasteiger partial charge in [0.1, 0.15) is 0 Å². The van der Waals surface area contributed by atoms with Gasteiger partial charge in [-0.1, -0.05) is 35.0 Å². The average molecular weight is 346 g/mol. The smallest absolute Gasteiger partial charge is 0.228 e. The molecule has 7 heteroatoms. The van der Waals surface area contributed by atoms with Crippen molar-refractivity contribution < 1.29 is 4.52 Å². The van der Waals surface area contributed by atoms with Crippen LogP contribution in [0.3, 0.4) is 0 Å². The van der Waals surface area contributed by atoms with Gasteiger partial charge in [-0.25, -0.2) is 0 Å².